The molecule has 6 N–H and O–H groups in total. The Labute approximate surface area is 341 Å². The summed E-state index contributed by atoms with van der Waals surface area (Å²) in [6.45, 7) is 9.19. The average molecular weight is 807 g/mol. The highest BCUT2D eigenvalue weighted by atomic mass is 32.1. The highest BCUT2D eigenvalue weighted by Crippen LogP contribution is 2.33. The zero-order valence-corrected chi connectivity index (χ0v) is 33.9. The fourth-order valence-electron chi connectivity index (χ4n) is 7.71. The molecular formula is C42H50N10O5S. The first-order valence-corrected chi connectivity index (χ1v) is 20.4. The molecule has 0 radical (unpaired) electrons. The number of thiazole rings is 1. The molecule has 2 saturated heterocycles. The number of phenols is 1. The quantitative estimate of drug-likeness (QED) is 0.128. The number of carbonyl (C=O) groups excluding carboxylic acids is 3. The van der Waals surface area contributed by atoms with E-state index in [-0.39, 0.29) is 55.5 Å². The maximum absolute atomic E-state index is 14.2. The molecule has 58 heavy (non-hydrogen) atoms. The number of aromatic hydroxyl groups is 1. The van der Waals surface area contributed by atoms with Crippen LogP contribution in [0, 0.1) is 12.3 Å². The summed E-state index contributed by atoms with van der Waals surface area (Å²) in [5.41, 5.74) is 12.7. The number of benzene rings is 2. The number of anilines is 1. The van der Waals surface area contributed by atoms with Crippen molar-refractivity contribution in [3.8, 4) is 38.6 Å². The van der Waals surface area contributed by atoms with E-state index in [4.69, 9.17) is 5.73 Å². The molecule has 3 amide bonds. The van der Waals surface area contributed by atoms with E-state index in [1.54, 1.807) is 41.8 Å². The summed E-state index contributed by atoms with van der Waals surface area (Å²) < 4.78 is 1.88. The van der Waals surface area contributed by atoms with E-state index >= 15 is 0 Å². The van der Waals surface area contributed by atoms with Gasteiger partial charge in [-0.05, 0) is 61.1 Å². The van der Waals surface area contributed by atoms with Crippen molar-refractivity contribution >= 4 is 34.9 Å². The number of phenolic OH excluding ortho intramolecular Hbond substituents is 1. The van der Waals surface area contributed by atoms with Gasteiger partial charge in [0.15, 0.2) is 5.82 Å². The summed E-state index contributed by atoms with van der Waals surface area (Å²) in [6.07, 6.45) is 4.56. The van der Waals surface area contributed by atoms with Crippen LogP contribution in [0.5, 0.6) is 5.75 Å². The molecule has 0 aliphatic carbocycles. The van der Waals surface area contributed by atoms with Crippen LogP contribution in [0.3, 0.4) is 0 Å². The van der Waals surface area contributed by atoms with Gasteiger partial charge in [0.2, 0.25) is 17.7 Å². The lowest BCUT2D eigenvalue weighted by Crippen LogP contribution is -2.59. The summed E-state index contributed by atoms with van der Waals surface area (Å²) in [4.78, 5) is 50.3. The van der Waals surface area contributed by atoms with Gasteiger partial charge in [0, 0.05) is 48.9 Å². The van der Waals surface area contributed by atoms with Gasteiger partial charge in [0.05, 0.1) is 46.7 Å². The SMILES string of the molecule is Cc1ncsc1-c1ccc(CNC(=O)[C@@H]2C[C@@H](O)CN2C(=O)[C@@H](NC(=O)CN2CCCC(n3cc(-c4cc(-c5ccccc5O)nnc4N)cn3)C2)C(C)(C)C)cc1. The number of β-amino-alcohol motifs (C(OH)–C–C–N with tert-alkyl or cyclic N) is 1. The fraction of sp³-hybridized carbons (Fsp3) is 0.405. The first kappa shape index (κ1) is 40.5. The minimum atomic E-state index is -0.931. The highest BCUT2D eigenvalue weighted by Gasteiger charge is 2.44. The van der Waals surface area contributed by atoms with Crippen molar-refractivity contribution < 1.29 is 24.6 Å². The van der Waals surface area contributed by atoms with Crippen molar-refractivity contribution in [3.05, 3.63) is 83.8 Å². The van der Waals surface area contributed by atoms with Crippen LogP contribution in [-0.2, 0) is 20.9 Å². The van der Waals surface area contributed by atoms with Crippen LogP contribution in [0.1, 0.15) is 57.3 Å². The number of para-hydroxylation sites is 1. The van der Waals surface area contributed by atoms with Crippen LogP contribution in [0.15, 0.2) is 72.5 Å². The number of nitrogens with one attached hydrogen (secondary N) is 2. The van der Waals surface area contributed by atoms with E-state index in [2.05, 4.69) is 35.8 Å². The van der Waals surface area contributed by atoms with E-state index in [0.717, 1.165) is 40.1 Å². The second-order valence-electron chi connectivity index (χ2n) is 16.2. The van der Waals surface area contributed by atoms with Crippen molar-refractivity contribution in [1.29, 1.82) is 0 Å². The summed E-state index contributed by atoms with van der Waals surface area (Å²) in [5.74, 6) is -0.737. The molecule has 0 spiro atoms. The van der Waals surface area contributed by atoms with E-state index in [1.165, 1.54) is 4.90 Å². The van der Waals surface area contributed by atoms with Gasteiger partial charge in [0.1, 0.15) is 17.8 Å². The minimum absolute atomic E-state index is 0.000817. The second-order valence-corrected chi connectivity index (χ2v) is 17.1. The summed E-state index contributed by atoms with van der Waals surface area (Å²) >= 11 is 1.58. The third-order valence-electron chi connectivity index (χ3n) is 10.8. The van der Waals surface area contributed by atoms with Crippen LogP contribution in [-0.4, -0.2) is 107 Å². The first-order chi connectivity index (χ1) is 27.7. The van der Waals surface area contributed by atoms with Crippen molar-refractivity contribution in [1.82, 2.24) is 45.4 Å². The number of aromatic nitrogens is 5. The maximum atomic E-state index is 14.2. The first-order valence-electron chi connectivity index (χ1n) is 19.5. The fourth-order valence-corrected chi connectivity index (χ4v) is 8.52. The maximum Gasteiger partial charge on any atom is 0.246 e. The molecular weight excluding hydrogens is 757 g/mol. The van der Waals surface area contributed by atoms with Crippen LogP contribution < -0.4 is 16.4 Å². The lowest BCUT2D eigenvalue weighted by Gasteiger charge is -2.36. The molecule has 1 unspecified atom stereocenters. The number of aryl methyl sites for hydroxylation is 1. The summed E-state index contributed by atoms with van der Waals surface area (Å²) in [5, 5.41) is 39.9. The van der Waals surface area contributed by atoms with Gasteiger partial charge in [-0.1, -0.05) is 57.2 Å². The Bertz CT molecular complexity index is 2270. The predicted octanol–water partition coefficient (Wildman–Crippen LogP) is 4.17. The van der Waals surface area contributed by atoms with Crippen molar-refractivity contribution in [2.75, 3.05) is 31.9 Å². The van der Waals surface area contributed by atoms with Gasteiger partial charge < -0.3 is 31.5 Å². The molecule has 2 fully saturated rings. The molecule has 4 atom stereocenters. The number of nitrogen functional groups attached to an aromatic ring is 1. The van der Waals surface area contributed by atoms with Crippen LogP contribution >= 0.6 is 11.3 Å². The van der Waals surface area contributed by atoms with Gasteiger partial charge in [0.25, 0.3) is 0 Å². The zero-order valence-electron chi connectivity index (χ0n) is 33.1. The second kappa shape index (κ2) is 17.0. The molecule has 2 aliphatic heterocycles. The largest absolute Gasteiger partial charge is 0.507 e. The van der Waals surface area contributed by atoms with Crippen molar-refractivity contribution in [3.63, 3.8) is 0 Å². The Morgan fingerprint density at radius 2 is 1.81 bits per heavy atom. The number of amides is 3. The van der Waals surface area contributed by atoms with E-state index in [9.17, 15) is 24.6 Å². The molecule has 0 saturated carbocycles. The van der Waals surface area contributed by atoms with E-state index in [0.29, 0.717) is 29.9 Å². The molecule has 5 aromatic rings. The summed E-state index contributed by atoms with van der Waals surface area (Å²) in [6, 6.07) is 14.8. The number of nitrogens with two attached hydrogens (primary N) is 1. The standard InChI is InChI=1S/C42H50N10O5S/c1-25-37(58-24-45-25)27-13-11-26(12-14-27)18-44-40(56)34-16-30(53)22-51(34)41(57)38(42(2,3)4)47-36(55)23-50-15-7-8-29(21-50)52-20-28(19-46-52)32-17-33(48-49-39(32)43)31-9-5-6-10-35(31)54/h5-6,9-14,17,19-20,24,29-30,34,38,53-54H,7-8,15-16,18,21-23H2,1-4H3,(H2,43,49)(H,44,56)(H,47,55)/t29?,30-,34+,38-/m1/s1. The average Bonchev–Trinajstić information content (AvgIpc) is 3.96. The number of aliphatic hydroxyl groups excluding tert-OH is 1. The van der Waals surface area contributed by atoms with Crippen molar-refractivity contribution in [2.24, 2.45) is 5.41 Å². The Morgan fingerprint density at radius 3 is 2.53 bits per heavy atom. The number of piperidine rings is 1. The van der Waals surface area contributed by atoms with Gasteiger partial charge in [-0.25, -0.2) is 4.98 Å². The molecule has 3 aromatic heterocycles. The minimum Gasteiger partial charge on any atom is -0.507 e. The smallest absolute Gasteiger partial charge is 0.246 e. The molecule has 15 nitrogen and oxygen atoms in total. The molecule has 7 rings (SSSR count). The van der Waals surface area contributed by atoms with Gasteiger partial charge in [-0.2, -0.15) is 5.10 Å². The topological polar surface area (TPSA) is 205 Å². The molecule has 304 valence electrons. The Kier molecular flexibility index (Phi) is 11.9. The Morgan fingerprint density at radius 1 is 1.03 bits per heavy atom. The number of likely N-dealkylation sites (tertiary alicyclic amines) is 2. The Balaban J connectivity index is 0.966. The number of rotatable bonds is 11. The normalized spacial score (nSPS) is 19.2. The molecule has 16 heteroatoms. The van der Waals surface area contributed by atoms with Gasteiger partial charge in [-0.15, -0.1) is 21.5 Å². The van der Waals surface area contributed by atoms with Gasteiger partial charge >= 0.3 is 0 Å². The van der Waals surface area contributed by atoms with Crippen LogP contribution in [0.2, 0.25) is 0 Å². The predicted molar refractivity (Wildman–Crippen MR) is 221 cm³/mol. The molecule has 0 bridgehead atoms. The highest BCUT2D eigenvalue weighted by molar-refractivity contribution is 7.13. The summed E-state index contributed by atoms with van der Waals surface area (Å²) in [7, 11) is 0. The number of nitrogens with zero attached hydrogens (tertiary/aromatic N) is 7. The molecule has 5 heterocycles. The number of hydrogen-bond donors (Lipinski definition) is 5. The third-order valence-corrected chi connectivity index (χ3v) is 11.8. The monoisotopic (exact) mass is 806 g/mol. The van der Waals surface area contributed by atoms with Crippen LogP contribution in [0.25, 0.3) is 32.8 Å². The lowest BCUT2D eigenvalue weighted by atomic mass is 9.85. The zero-order chi connectivity index (χ0) is 41.1. The molecule has 2 aromatic carbocycles. The lowest BCUT2D eigenvalue weighted by molar-refractivity contribution is -0.144. The van der Waals surface area contributed by atoms with Gasteiger partial charge in [-0.3, -0.25) is 24.0 Å². The third kappa shape index (κ3) is 9.03. The Hall–Kier alpha value is -5.71. The van der Waals surface area contributed by atoms with E-state index in [1.807, 2.05) is 74.4 Å². The number of hydrogen-bond acceptors (Lipinski definition) is 12. The van der Waals surface area contributed by atoms with E-state index < -0.39 is 29.5 Å². The molecule has 2 aliphatic rings. The van der Waals surface area contributed by atoms with Crippen LogP contribution in [0.4, 0.5) is 5.82 Å². The number of aliphatic hydroxyl groups is 1. The number of carbonyl (C=O) groups is 3. The van der Waals surface area contributed by atoms with Crippen molar-refractivity contribution in [2.45, 2.75) is 77.7 Å².